The van der Waals surface area contributed by atoms with Crippen molar-refractivity contribution in [1.82, 2.24) is 9.78 Å². The molecule has 0 saturated heterocycles. The van der Waals surface area contributed by atoms with Crippen LogP contribution in [0.1, 0.15) is 17.4 Å². The summed E-state index contributed by atoms with van der Waals surface area (Å²) in [5.74, 6) is 0.491. The Morgan fingerprint density at radius 3 is 2.71 bits per heavy atom. The highest BCUT2D eigenvalue weighted by atomic mass is 35.5. The number of halogens is 2. The molecule has 0 amide bonds. The Balaban J connectivity index is 2.45. The van der Waals surface area contributed by atoms with Crippen LogP contribution in [-0.2, 0) is 11.3 Å². The van der Waals surface area contributed by atoms with Crippen LogP contribution < -0.4 is 4.74 Å². The van der Waals surface area contributed by atoms with Crippen LogP contribution in [0.4, 0.5) is 0 Å². The molecule has 1 N–H and O–H groups in total. The third kappa shape index (κ3) is 3.32. The van der Waals surface area contributed by atoms with E-state index in [0.29, 0.717) is 40.2 Å². The van der Waals surface area contributed by atoms with Crippen LogP contribution in [0, 0.1) is 0 Å². The lowest BCUT2D eigenvalue weighted by atomic mass is 10.1. The molecule has 0 aliphatic rings. The van der Waals surface area contributed by atoms with Gasteiger partial charge in [-0.2, -0.15) is 5.10 Å². The number of benzene rings is 1. The standard InChI is InChI=1S/C14H16Cl2N2O3/c1-20-7-6-18-13(10(16)8-17-18)14(19)12-9(15)4-3-5-11(12)21-2/h3-5,8,14,19H,6-7H2,1-2H3. The van der Waals surface area contributed by atoms with Crippen molar-refractivity contribution in [2.24, 2.45) is 0 Å². The van der Waals surface area contributed by atoms with Crippen molar-refractivity contribution < 1.29 is 14.6 Å². The number of hydrogen-bond acceptors (Lipinski definition) is 4. The van der Waals surface area contributed by atoms with E-state index in [1.54, 1.807) is 30.0 Å². The predicted molar refractivity (Wildman–Crippen MR) is 81.2 cm³/mol. The van der Waals surface area contributed by atoms with Crippen LogP contribution in [-0.4, -0.2) is 35.7 Å². The monoisotopic (exact) mass is 330 g/mol. The van der Waals surface area contributed by atoms with Crippen LogP contribution >= 0.6 is 23.2 Å². The number of aromatic nitrogens is 2. The molecule has 0 radical (unpaired) electrons. The van der Waals surface area contributed by atoms with Gasteiger partial charge in [0.15, 0.2) is 0 Å². The minimum atomic E-state index is -1.04. The van der Waals surface area contributed by atoms with E-state index in [1.165, 1.54) is 13.3 Å². The Labute approximate surface area is 133 Å². The topological polar surface area (TPSA) is 56.5 Å². The first-order chi connectivity index (χ1) is 10.1. The van der Waals surface area contributed by atoms with Crippen molar-refractivity contribution in [2.45, 2.75) is 12.6 Å². The third-order valence-electron chi connectivity index (χ3n) is 3.11. The lowest BCUT2D eigenvalue weighted by Gasteiger charge is -2.18. The Bertz CT molecular complexity index is 616. The van der Waals surface area contributed by atoms with Crippen molar-refractivity contribution in [2.75, 3.05) is 20.8 Å². The van der Waals surface area contributed by atoms with Crippen molar-refractivity contribution >= 4 is 23.2 Å². The lowest BCUT2D eigenvalue weighted by molar-refractivity contribution is 0.170. The van der Waals surface area contributed by atoms with E-state index in [2.05, 4.69) is 5.10 Å². The number of methoxy groups -OCH3 is 2. The van der Waals surface area contributed by atoms with E-state index < -0.39 is 6.10 Å². The van der Waals surface area contributed by atoms with Gasteiger partial charge in [0, 0.05) is 12.7 Å². The van der Waals surface area contributed by atoms with Gasteiger partial charge >= 0.3 is 0 Å². The smallest absolute Gasteiger partial charge is 0.127 e. The fourth-order valence-corrected chi connectivity index (χ4v) is 2.61. The molecule has 0 saturated carbocycles. The van der Waals surface area contributed by atoms with Crippen LogP contribution in [0.15, 0.2) is 24.4 Å². The quantitative estimate of drug-likeness (QED) is 0.884. The maximum atomic E-state index is 10.7. The molecule has 1 unspecified atom stereocenters. The molecule has 1 aromatic heterocycles. The van der Waals surface area contributed by atoms with Crippen LogP contribution in [0.2, 0.25) is 10.0 Å². The molecule has 2 rings (SSSR count). The first-order valence-corrected chi connectivity index (χ1v) is 7.06. The van der Waals surface area contributed by atoms with E-state index in [-0.39, 0.29) is 0 Å². The second kappa shape index (κ2) is 7.13. The third-order valence-corrected chi connectivity index (χ3v) is 3.73. The molecule has 0 bridgehead atoms. The average Bonchev–Trinajstić information content (AvgIpc) is 2.85. The maximum Gasteiger partial charge on any atom is 0.127 e. The van der Waals surface area contributed by atoms with Gasteiger partial charge in [-0.3, -0.25) is 4.68 Å². The summed E-state index contributed by atoms with van der Waals surface area (Å²) in [6, 6.07) is 5.17. The molecule has 7 heteroatoms. The molecular weight excluding hydrogens is 315 g/mol. The van der Waals surface area contributed by atoms with Crippen LogP contribution in [0.25, 0.3) is 0 Å². The summed E-state index contributed by atoms with van der Waals surface area (Å²) in [6.45, 7) is 0.930. The fraction of sp³-hybridized carbons (Fsp3) is 0.357. The number of nitrogens with zero attached hydrogens (tertiary/aromatic N) is 2. The molecule has 2 aromatic rings. The zero-order valence-electron chi connectivity index (χ0n) is 11.7. The number of rotatable bonds is 6. The van der Waals surface area contributed by atoms with Gasteiger partial charge in [0.2, 0.25) is 0 Å². The number of hydrogen-bond donors (Lipinski definition) is 1. The van der Waals surface area contributed by atoms with Crippen LogP contribution in [0.3, 0.4) is 0 Å². The van der Waals surface area contributed by atoms with E-state index in [0.717, 1.165) is 0 Å². The minimum absolute atomic E-state index is 0.362. The number of aliphatic hydroxyl groups excluding tert-OH is 1. The van der Waals surface area contributed by atoms with Crippen molar-refractivity contribution in [3.63, 3.8) is 0 Å². The molecule has 21 heavy (non-hydrogen) atoms. The summed E-state index contributed by atoms with van der Waals surface area (Å²) >= 11 is 12.3. The summed E-state index contributed by atoms with van der Waals surface area (Å²) in [5, 5.41) is 15.6. The number of ether oxygens (including phenoxy) is 2. The predicted octanol–water partition coefficient (Wildman–Crippen LogP) is 2.93. The lowest BCUT2D eigenvalue weighted by Crippen LogP contribution is -2.14. The van der Waals surface area contributed by atoms with Gasteiger partial charge in [-0.1, -0.05) is 29.3 Å². The Hall–Kier alpha value is -1.27. The van der Waals surface area contributed by atoms with E-state index in [9.17, 15) is 5.11 Å². The zero-order valence-corrected chi connectivity index (χ0v) is 13.2. The largest absolute Gasteiger partial charge is 0.496 e. The van der Waals surface area contributed by atoms with Crippen molar-refractivity contribution in [3.8, 4) is 5.75 Å². The Kier molecular flexibility index (Phi) is 5.47. The van der Waals surface area contributed by atoms with Crippen molar-refractivity contribution in [1.29, 1.82) is 0 Å². The van der Waals surface area contributed by atoms with Crippen LogP contribution in [0.5, 0.6) is 5.75 Å². The van der Waals surface area contributed by atoms with E-state index in [4.69, 9.17) is 32.7 Å². The molecule has 114 valence electrons. The highest BCUT2D eigenvalue weighted by molar-refractivity contribution is 6.32. The van der Waals surface area contributed by atoms with Gasteiger partial charge in [-0.25, -0.2) is 0 Å². The minimum Gasteiger partial charge on any atom is -0.496 e. The fourth-order valence-electron chi connectivity index (χ4n) is 2.10. The summed E-state index contributed by atoms with van der Waals surface area (Å²) in [4.78, 5) is 0. The van der Waals surface area contributed by atoms with Gasteiger partial charge < -0.3 is 14.6 Å². The molecule has 0 aliphatic carbocycles. The maximum absolute atomic E-state index is 10.7. The van der Waals surface area contributed by atoms with Gasteiger partial charge in [0.1, 0.15) is 11.9 Å². The molecule has 1 heterocycles. The van der Waals surface area contributed by atoms with Gasteiger partial charge in [0.25, 0.3) is 0 Å². The first kappa shape index (κ1) is 16.1. The number of aliphatic hydroxyl groups is 1. The highest BCUT2D eigenvalue weighted by Crippen LogP contribution is 2.37. The average molecular weight is 331 g/mol. The van der Waals surface area contributed by atoms with Crippen molar-refractivity contribution in [3.05, 3.63) is 45.7 Å². The molecular formula is C14H16Cl2N2O3. The molecule has 1 atom stereocenters. The second-order valence-electron chi connectivity index (χ2n) is 4.35. The molecule has 0 fully saturated rings. The van der Waals surface area contributed by atoms with Gasteiger partial charge in [-0.05, 0) is 12.1 Å². The zero-order chi connectivity index (χ0) is 15.4. The Morgan fingerprint density at radius 1 is 1.29 bits per heavy atom. The normalized spacial score (nSPS) is 12.4. The summed E-state index contributed by atoms with van der Waals surface area (Å²) < 4.78 is 11.9. The highest BCUT2D eigenvalue weighted by Gasteiger charge is 2.25. The second-order valence-corrected chi connectivity index (χ2v) is 5.17. The van der Waals surface area contributed by atoms with E-state index in [1.807, 2.05) is 0 Å². The summed E-state index contributed by atoms with van der Waals surface area (Å²) in [6.07, 6.45) is 0.444. The SMILES string of the molecule is COCCn1ncc(Cl)c1C(O)c1c(Cl)cccc1OC. The van der Waals surface area contributed by atoms with E-state index >= 15 is 0 Å². The summed E-state index contributed by atoms with van der Waals surface area (Å²) in [5.41, 5.74) is 0.919. The molecule has 5 nitrogen and oxygen atoms in total. The first-order valence-electron chi connectivity index (χ1n) is 6.30. The molecule has 0 aliphatic heterocycles. The Morgan fingerprint density at radius 2 is 2.05 bits per heavy atom. The van der Waals surface area contributed by atoms with Gasteiger partial charge in [0.05, 0.1) is 42.2 Å². The molecule has 0 spiro atoms. The molecule has 1 aromatic carbocycles. The van der Waals surface area contributed by atoms with Gasteiger partial charge in [-0.15, -0.1) is 0 Å². The summed E-state index contributed by atoms with van der Waals surface area (Å²) in [7, 11) is 3.12.